The molecule has 5 heteroatoms. The van der Waals surface area contributed by atoms with Crippen LogP contribution in [-0.2, 0) is 0 Å². The highest BCUT2D eigenvalue weighted by molar-refractivity contribution is 6.30. The van der Waals surface area contributed by atoms with Gasteiger partial charge in [0.25, 0.3) is 0 Å². The highest BCUT2D eigenvalue weighted by Crippen LogP contribution is 2.30. The summed E-state index contributed by atoms with van der Waals surface area (Å²) in [5.74, 6) is 0. The number of halogens is 1. The molecule has 0 bridgehead atoms. The zero-order chi connectivity index (χ0) is 14.8. The van der Waals surface area contributed by atoms with Crippen molar-refractivity contribution in [1.82, 2.24) is 4.90 Å². The molecular formula is C14H17ClN2O2. The van der Waals surface area contributed by atoms with E-state index in [-0.39, 0.29) is 6.04 Å². The number of rotatable bonds is 2. The second-order valence-electron chi connectivity index (χ2n) is 5.38. The molecule has 4 nitrogen and oxygen atoms in total. The summed E-state index contributed by atoms with van der Waals surface area (Å²) >= 11 is 5.95. The van der Waals surface area contributed by atoms with E-state index in [4.69, 9.17) is 16.9 Å². The molecule has 0 saturated carbocycles. The van der Waals surface area contributed by atoms with Crippen LogP contribution >= 0.6 is 11.6 Å². The van der Waals surface area contributed by atoms with Crippen LogP contribution in [0.3, 0.4) is 0 Å². The Balaban J connectivity index is 3.25. The molecule has 0 spiro atoms. The normalized spacial score (nSPS) is 12.6. The van der Waals surface area contributed by atoms with Gasteiger partial charge in [-0.2, -0.15) is 5.26 Å². The molecule has 102 valence electrons. The van der Waals surface area contributed by atoms with Gasteiger partial charge < -0.3 is 5.11 Å². The Morgan fingerprint density at radius 2 is 2.00 bits per heavy atom. The molecule has 1 unspecified atom stereocenters. The third-order valence-corrected chi connectivity index (χ3v) is 3.07. The number of amides is 1. The lowest BCUT2D eigenvalue weighted by Gasteiger charge is -2.38. The lowest BCUT2D eigenvalue weighted by Crippen LogP contribution is -2.46. The molecule has 0 fully saturated rings. The Kier molecular flexibility index (Phi) is 4.43. The Morgan fingerprint density at radius 3 is 2.42 bits per heavy atom. The number of hydrogen-bond acceptors (Lipinski definition) is 2. The van der Waals surface area contributed by atoms with E-state index in [1.807, 2.05) is 26.8 Å². The molecule has 0 aliphatic heterocycles. The fourth-order valence-corrected chi connectivity index (χ4v) is 2.34. The number of hydrogen-bond donors (Lipinski definition) is 1. The Hall–Kier alpha value is -1.73. The van der Waals surface area contributed by atoms with Crippen molar-refractivity contribution in [1.29, 1.82) is 5.26 Å². The van der Waals surface area contributed by atoms with Gasteiger partial charge >= 0.3 is 6.09 Å². The fourth-order valence-electron chi connectivity index (χ4n) is 2.10. The molecule has 1 aromatic carbocycles. The summed E-state index contributed by atoms with van der Waals surface area (Å²) in [6.07, 6.45) is -1.00. The van der Waals surface area contributed by atoms with Crippen LogP contribution in [0.5, 0.6) is 0 Å². The van der Waals surface area contributed by atoms with E-state index < -0.39 is 11.6 Å². The van der Waals surface area contributed by atoms with Crippen LogP contribution in [0.1, 0.15) is 44.9 Å². The highest BCUT2D eigenvalue weighted by atomic mass is 35.5. The van der Waals surface area contributed by atoms with Crippen LogP contribution in [0.4, 0.5) is 4.79 Å². The summed E-state index contributed by atoms with van der Waals surface area (Å²) in [4.78, 5) is 12.8. The molecule has 0 aliphatic carbocycles. The topological polar surface area (TPSA) is 64.3 Å². The van der Waals surface area contributed by atoms with Gasteiger partial charge in [0, 0.05) is 10.6 Å². The number of nitrogens with zero attached hydrogens (tertiary/aromatic N) is 2. The van der Waals surface area contributed by atoms with E-state index >= 15 is 0 Å². The van der Waals surface area contributed by atoms with E-state index in [1.165, 1.54) is 4.90 Å². The van der Waals surface area contributed by atoms with Crippen molar-refractivity contribution in [3.05, 3.63) is 34.3 Å². The Bertz CT molecular complexity index is 529. The largest absolute Gasteiger partial charge is 0.465 e. The SMILES string of the molecule is CC(c1cc(Cl)cc(C#N)c1)N(C(=O)O)C(C)(C)C. The fraction of sp³-hybridized carbons (Fsp3) is 0.429. The van der Waals surface area contributed by atoms with Crippen molar-refractivity contribution in [2.45, 2.75) is 39.3 Å². The van der Waals surface area contributed by atoms with Crippen LogP contribution < -0.4 is 0 Å². The molecule has 0 aromatic heterocycles. The summed E-state index contributed by atoms with van der Waals surface area (Å²) in [6.45, 7) is 7.26. The van der Waals surface area contributed by atoms with Gasteiger partial charge in [-0.15, -0.1) is 0 Å². The Labute approximate surface area is 118 Å². The van der Waals surface area contributed by atoms with Gasteiger partial charge in [0.1, 0.15) is 0 Å². The second kappa shape index (κ2) is 5.50. The molecule has 1 N–H and O–H groups in total. The molecule has 0 aliphatic rings. The first-order chi connectivity index (χ1) is 8.66. The third kappa shape index (κ3) is 3.62. The van der Waals surface area contributed by atoms with Crippen molar-refractivity contribution < 1.29 is 9.90 Å². The molecular weight excluding hydrogens is 264 g/mol. The number of benzene rings is 1. The lowest BCUT2D eigenvalue weighted by atomic mass is 9.98. The van der Waals surface area contributed by atoms with Gasteiger partial charge in [-0.1, -0.05) is 11.6 Å². The average Bonchev–Trinajstić information content (AvgIpc) is 2.25. The van der Waals surface area contributed by atoms with Crippen LogP contribution in [0.2, 0.25) is 5.02 Å². The molecule has 1 amide bonds. The van der Waals surface area contributed by atoms with E-state index in [2.05, 4.69) is 0 Å². The van der Waals surface area contributed by atoms with E-state index in [9.17, 15) is 9.90 Å². The molecule has 1 rings (SSSR count). The predicted molar refractivity (Wildman–Crippen MR) is 74.2 cm³/mol. The maximum atomic E-state index is 11.4. The first kappa shape index (κ1) is 15.3. The third-order valence-electron chi connectivity index (χ3n) is 2.85. The maximum absolute atomic E-state index is 11.4. The number of carboxylic acid groups (broad SMARTS) is 1. The van der Waals surface area contributed by atoms with Gasteiger partial charge in [0.15, 0.2) is 0 Å². The number of nitriles is 1. The zero-order valence-electron chi connectivity index (χ0n) is 11.4. The van der Waals surface area contributed by atoms with Crippen molar-refractivity contribution in [2.24, 2.45) is 0 Å². The highest BCUT2D eigenvalue weighted by Gasteiger charge is 2.31. The molecule has 0 saturated heterocycles. The smallest absolute Gasteiger partial charge is 0.408 e. The molecule has 0 heterocycles. The van der Waals surface area contributed by atoms with E-state index in [0.717, 1.165) is 0 Å². The van der Waals surface area contributed by atoms with E-state index in [0.29, 0.717) is 16.1 Å². The van der Waals surface area contributed by atoms with Gasteiger partial charge in [-0.3, -0.25) is 4.90 Å². The predicted octanol–water partition coefficient (Wildman–Crippen LogP) is 4.05. The Morgan fingerprint density at radius 1 is 1.42 bits per heavy atom. The first-order valence-corrected chi connectivity index (χ1v) is 6.27. The summed E-state index contributed by atoms with van der Waals surface area (Å²) < 4.78 is 0. The molecule has 0 radical (unpaired) electrons. The first-order valence-electron chi connectivity index (χ1n) is 5.89. The summed E-state index contributed by atoms with van der Waals surface area (Å²) in [5.41, 5.74) is 0.593. The second-order valence-corrected chi connectivity index (χ2v) is 5.82. The minimum Gasteiger partial charge on any atom is -0.465 e. The van der Waals surface area contributed by atoms with Crippen molar-refractivity contribution in [2.75, 3.05) is 0 Å². The van der Waals surface area contributed by atoms with Gasteiger partial charge in [0.2, 0.25) is 0 Å². The van der Waals surface area contributed by atoms with Crippen LogP contribution in [-0.4, -0.2) is 21.6 Å². The van der Waals surface area contributed by atoms with Crippen LogP contribution in [0.15, 0.2) is 18.2 Å². The minimum atomic E-state index is -1.00. The number of carbonyl (C=O) groups is 1. The average molecular weight is 281 g/mol. The van der Waals surface area contributed by atoms with Crippen molar-refractivity contribution >= 4 is 17.7 Å². The quantitative estimate of drug-likeness (QED) is 0.889. The molecule has 1 aromatic rings. The van der Waals surface area contributed by atoms with Crippen molar-refractivity contribution in [3.8, 4) is 6.07 Å². The monoisotopic (exact) mass is 280 g/mol. The van der Waals surface area contributed by atoms with Crippen LogP contribution in [0, 0.1) is 11.3 Å². The molecule has 1 atom stereocenters. The van der Waals surface area contributed by atoms with Gasteiger partial charge in [-0.25, -0.2) is 4.79 Å². The summed E-state index contributed by atoms with van der Waals surface area (Å²) in [6, 6.07) is 6.54. The van der Waals surface area contributed by atoms with Gasteiger partial charge in [0.05, 0.1) is 17.7 Å². The lowest BCUT2D eigenvalue weighted by molar-refractivity contribution is 0.0753. The summed E-state index contributed by atoms with van der Waals surface area (Å²) in [7, 11) is 0. The van der Waals surface area contributed by atoms with Crippen molar-refractivity contribution in [3.63, 3.8) is 0 Å². The zero-order valence-corrected chi connectivity index (χ0v) is 12.2. The van der Waals surface area contributed by atoms with Crippen LogP contribution in [0.25, 0.3) is 0 Å². The maximum Gasteiger partial charge on any atom is 0.408 e. The van der Waals surface area contributed by atoms with E-state index in [1.54, 1.807) is 25.1 Å². The molecule has 19 heavy (non-hydrogen) atoms. The summed E-state index contributed by atoms with van der Waals surface area (Å²) in [5, 5.41) is 18.7. The minimum absolute atomic E-state index is 0.386. The standard InChI is InChI=1S/C14H17ClN2O2/c1-9(17(13(18)19)14(2,3)4)11-5-10(8-16)6-12(15)7-11/h5-7,9H,1-4H3,(H,18,19). The van der Waals surface area contributed by atoms with Gasteiger partial charge in [-0.05, 0) is 51.5 Å².